The fraction of sp³-hybridized carbons (Fsp3) is 0.372. The average molecular weight is 836 g/mol. The van der Waals surface area contributed by atoms with Gasteiger partial charge in [0.1, 0.15) is 49.6 Å². The van der Waals surface area contributed by atoms with E-state index in [0.29, 0.717) is 48.8 Å². The van der Waals surface area contributed by atoms with Crippen molar-refractivity contribution in [1.29, 1.82) is 0 Å². The number of guanidine groups is 1. The molecule has 9 rings (SSSR count). The Kier molecular flexibility index (Phi) is 10.4. The molecule has 2 aliphatic carbocycles. The van der Waals surface area contributed by atoms with E-state index in [2.05, 4.69) is 15.0 Å². The summed E-state index contributed by atoms with van der Waals surface area (Å²) >= 11 is 0. The number of para-hydroxylation sites is 1. The first-order valence-corrected chi connectivity index (χ1v) is 19.8. The Morgan fingerprint density at radius 1 is 0.951 bits per heavy atom. The van der Waals surface area contributed by atoms with E-state index in [0.717, 1.165) is 0 Å². The van der Waals surface area contributed by atoms with Crippen LogP contribution in [-0.4, -0.2) is 122 Å². The highest BCUT2D eigenvalue weighted by atomic mass is 16.7. The number of carbonyl (C=O) groups excluding carboxylic acids is 4. The van der Waals surface area contributed by atoms with Crippen LogP contribution in [0.4, 0.5) is 5.69 Å². The Hall–Kier alpha value is -6.15. The predicted octanol–water partition coefficient (Wildman–Crippen LogP) is 0.930. The van der Waals surface area contributed by atoms with Crippen LogP contribution in [0.25, 0.3) is 0 Å². The second kappa shape index (κ2) is 15.7. The van der Waals surface area contributed by atoms with Crippen LogP contribution in [0.2, 0.25) is 0 Å². The van der Waals surface area contributed by atoms with Crippen molar-refractivity contribution in [2.24, 2.45) is 20.7 Å². The van der Waals surface area contributed by atoms with E-state index in [1.807, 2.05) is 0 Å². The topological polar surface area (TPSA) is 273 Å². The molecule has 3 aromatic carbocycles. The fourth-order valence-corrected chi connectivity index (χ4v) is 9.00. The van der Waals surface area contributed by atoms with Crippen LogP contribution >= 0.6 is 0 Å². The van der Waals surface area contributed by atoms with Gasteiger partial charge in [-0.1, -0.05) is 24.3 Å². The molecule has 6 aliphatic rings. The molecule has 3 aromatic rings. The Morgan fingerprint density at radius 2 is 1.74 bits per heavy atom. The predicted molar refractivity (Wildman–Crippen MR) is 214 cm³/mol. The highest BCUT2D eigenvalue weighted by Gasteiger charge is 2.56. The number of hydrogen-bond acceptors (Lipinski definition) is 17. The number of amidine groups is 1. The van der Waals surface area contributed by atoms with Gasteiger partial charge in [0.05, 0.1) is 24.5 Å². The van der Waals surface area contributed by atoms with Crippen molar-refractivity contribution in [2.45, 2.75) is 87.0 Å². The molecule has 1 amide bonds. The van der Waals surface area contributed by atoms with Crippen molar-refractivity contribution < 1.29 is 63.7 Å². The van der Waals surface area contributed by atoms with Gasteiger partial charge in [0.15, 0.2) is 34.6 Å². The zero-order valence-corrected chi connectivity index (χ0v) is 32.4. The molecule has 1 saturated carbocycles. The van der Waals surface area contributed by atoms with Gasteiger partial charge < -0.3 is 59.9 Å². The number of aliphatic imine (C=N–C) groups is 3. The van der Waals surface area contributed by atoms with Crippen LogP contribution in [0.5, 0.6) is 11.5 Å². The number of amides is 1. The molecule has 1 spiro atoms. The third-order valence-electron chi connectivity index (χ3n) is 12.0. The van der Waals surface area contributed by atoms with E-state index in [1.165, 1.54) is 30.5 Å². The van der Waals surface area contributed by atoms with E-state index in [-0.39, 0.29) is 69.9 Å². The zero-order chi connectivity index (χ0) is 42.7. The average Bonchev–Trinajstić information content (AvgIpc) is 3.91. The van der Waals surface area contributed by atoms with Crippen molar-refractivity contribution in [3.05, 3.63) is 99.8 Å². The lowest BCUT2D eigenvalue weighted by Gasteiger charge is -2.47. The molecule has 7 atom stereocenters. The van der Waals surface area contributed by atoms with Crippen LogP contribution < -0.4 is 20.1 Å². The summed E-state index contributed by atoms with van der Waals surface area (Å²) in [6.07, 6.45) is -4.18. The number of nitrogens with zero attached hydrogens (tertiary/aromatic N) is 4. The fourth-order valence-electron chi connectivity index (χ4n) is 9.00. The van der Waals surface area contributed by atoms with Gasteiger partial charge in [0.25, 0.3) is 0 Å². The molecule has 0 radical (unpaired) electrons. The van der Waals surface area contributed by atoms with Gasteiger partial charge in [0.2, 0.25) is 12.2 Å². The Morgan fingerprint density at radius 3 is 2.51 bits per heavy atom. The van der Waals surface area contributed by atoms with Crippen molar-refractivity contribution in [3.63, 3.8) is 0 Å². The van der Waals surface area contributed by atoms with Crippen LogP contribution in [0.15, 0.2) is 75.8 Å². The molecule has 61 heavy (non-hydrogen) atoms. The van der Waals surface area contributed by atoms with Crippen LogP contribution in [0.1, 0.15) is 86.6 Å². The lowest BCUT2D eigenvalue weighted by molar-refractivity contribution is -0.304. The number of aldehydes is 1. The molecule has 316 valence electrons. The second-order valence-electron chi connectivity index (χ2n) is 15.7. The standard InChI is InChI=1S/C43H41N5O13/c44-42-46-39-30(40(57)47-42)45-19-48(39)28-6-2-1-5-23(28)22-10-14-59-43(11-3-4-12-43)38-34(55)33(54)35(56)41(61-38)60-36-26(22)16-27-29(37(36)58-18-21(51)9-13-49)32(53)25-15-20(17-50)7-8-24(25)31(27)52/h1-2,5-8,10,13-16,21-22,33-35,38,41,50-51,54-56H,3-4,9,11-12,17-19H2,(H2,44,47,57). The summed E-state index contributed by atoms with van der Waals surface area (Å²) in [5, 5.41) is 55.0. The number of rotatable bonds is 8. The number of anilines is 1. The summed E-state index contributed by atoms with van der Waals surface area (Å²) < 4.78 is 25.8. The number of aliphatic hydroxyl groups excluding tert-OH is 5. The van der Waals surface area contributed by atoms with Crippen molar-refractivity contribution in [2.75, 3.05) is 18.2 Å². The second-order valence-corrected chi connectivity index (χ2v) is 15.7. The molecule has 0 aromatic heterocycles. The minimum absolute atomic E-state index is 0.00137. The SMILES string of the molecule is NC1=NC(=O)C2=NCN(c3ccccc3C3C=COC4(CCCC4)C4OC(Oc5c3cc3c(c5OCC(O)CC=O)C(=O)c5cc(CO)ccc5C3=O)C(O)C(O)C4O)C2=N1. The number of carbonyl (C=O) groups is 4. The molecule has 4 heterocycles. The van der Waals surface area contributed by atoms with E-state index in [4.69, 9.17) is 24.7 Å². The van der Waals surface area contributed by atoms with E-state index < -0.39 is 79.0 Å². The third kappa shape index (κ3) is 6.71. The molecule has 18 nitrogen and oxygen atoms in total. The molecular weight excluding hydrogens is 794 g/mol. The third-order valence-corrected chi connectivity index (χ3v) is 12.0. The van der Waals surface area contributed by atoms with Gasteiger partial charge in [-0.2, -0.15) is 9.98 Å². The summed E-state index contributed by atoms with van der Waals surface area (Å²) in [6.45, 7) is -1.05. The molecule has 2 bridgehead atoms. The largest absolute Gasteiger partial charge is 0.492 e. The minimum Gasteiger partial charge on any atom is -0.492 e. The lowest BCUT2D eigenvalue weighted by atomic mass is 9.79. The van der Waals surface area contributed by atoms with Crippen LogP contribution in [0, 0.1) is 0 Å². The maximum atomic E-state index is 14.7. The summed E-state index contributed by atoms with van der Waals surface area (Å²) in [5.41, 5.74) is 5.82. The number of ether oxygens (including phenoxy) is 4. The molecule has 1 saturated heterocycles. The number of allylic oxidation sites excluding steroid dienone is 1. The van der Waals surface area contributed by atoms with Crippen molar-refractivity contribution in [1.82, 2.24) is 0 Å². The van der Waals surface area contributed by atoms with Gasteiger partial charge in [-0.3, -0.25) is 19.4 Å². The number of aliphatic hydroxyl groups is 5. The number of hydrogen-bond donors (Lipinski definition) is 6. The highest BCUT2D eigenvalue weighted by Crippen LogP contribution is 2.51. The summed E-state index contributed by atoms with van der Waals surface area (Å²) in [6, 6.07) is 12.8. The van der Waals surface area contributed by atoms with Gasteiger partial charge >= 0.3 is 5.91 Å². The molecular formula is C43H41N5O13. The van der Waals surface area contributed by atoms with Crippen molar-refractivity contribution in [3.8, 4) is 11.5 Å². The van der Waals surface area contributed by atoms with Crippen LogP contribution in [0.3, 0.4) is 0 Å². The van der Waals surface area contributed by atoms with Gasteiger partial charge in [-0.25, -0.2) is 0 Å². The Labute approximate surface area is 347 Å². The number of ketones is 2. The molecule has 7 N–H and O–H groups in total. The van der Waals surface area contributed by atoms with Gasteiger partial charge in [-0.05, 0) is 67.2 Å². The number of nitrogens with two attached hydrogens (primary N) is 1. The summed E-state index contributed by atoms with van der Waals surface area (Å²) in [5.74, 6) is -3.67. The first kappa shape index (κ1) is 40.3. The minimum atomic E-state index is -1.87. The zero-order valence-electron chi connectivity index (χ0n) is 32.4. The first-order valence-electron chi connectivity index (χ1n) is 19.8. The van der Waals surface area contributed by atoms with Gasteiger partial charge in [0, 0.05) is 40.3 Å². The highest BCUT2D eigenvalue weighted by molar-refractivity contribution is 6.72. The monoisotopic (exact) mass is 835 g/mol. The molecule has 4 aliphatic heterocycles. The molecule has 2 fully saturated rings. The normalized spacial score (nSPS) is 26.7. The van der Waals surface area contributed by atoms with E-state index >= 15 is 0 Å². The number of fused-ring (bicyclic) bond motifs is 7. The quantitative estimate of drug-likeness (QED) is 0.135. The Bertz CT molecular complexity index is 2480. The molecule has 18 heteroatoms. The maximum Gasteiger partial charge on any atom is 0.302 e. The lowest BCUT2D eigenvalue weighted by Crippen LogP contribution is -2.65. The maximum absolute atomic E-state index is 14.7. The summed E-state index contributed by atoms with van der Waals surface area (Å²) in [7, 11) is 0. The van der Waals surface area contributed by atoms with Gasteiger partial charge in [-0.15, -0.1) is 0 Å². The Balaban J connectivity index is 1.31. The van der Waals surface area contributed by atoms with E-state index in [9.17, 15) is 44.7 Å². The first-order chi connectivity index (χ1) is 29.4. The number of benzene rings is 3. The summed E-state index contributed by atoms with van der Waals surface area (Å²) in [4.78, 5) is 67.7. The van der Waals surface area contributed by atoms with Crippen molar-refractivity contribution >= 4 is 47.0 Å². The van der Waals surface area contributed by atoms with Crippen LogP contribution in [-0.2, 0) is 25.7 Å². The van der Waals surface area contributed by atoms with E-state index in [1.54, 1.807) is 35.2 Å². The molecule has 7 unspecified atom stereocenters. The smallest absolute Gasteiger partial charge is 0.302 e.